The van der Waals surface area contributed by atoms with Crippen molar-refractivity contribution in [3.05, 3.63) is 59.5 Å². The summed E-state index contributed by atoms with van der Waals surface area (Å²) < 4.78 is 5.09. The second-order valence-electron chi connectivity index (χ2n) is 4.49. The van der Waals surface area contributed by atoms with Crippen molar-refractivity contribution in [3.8, 4) is 0 Å². The van der Waals surface area contributed by atoms with Crippen LogP contribution >= 0.6 is 0 Å². The highest BCUT2D eigenvalue weighted by atomic mass is 16.7. The molecule has 2 aromatic rings. The highest BCUT2D eigenvalue weighted by Gasteiger charge is 2.38. The number of imide groups is 1. The molecule has 3 rings (SSSR count). The van der Waals surface area contributed by atoms with Crippen LogP contribution in [-0.4, -0.2) is 22.8 Å². The van der Waals surface area contributed by atoms with Gasteiger partial charge in [-0.1, -0.05) is 17.2 Å². The third-order valence-electron chi connectivity index (χ3n) is 3.11. The predicted octanol–water partition coefficient (Wildman–Crippen LogP) is 1.97. The molecule has 1 aliphatic rings. The Balaban J connectivity index is 1.65. The molecular formula is C15H11NO5. The van der Waals surface area contributed by atoms with Gasteiger partial charge in [-0.2, -0.15) is 0 Å². The summed E-state index contributed by atoms with van der Waals surface area (Å²) in [6.45, 7) is 0. The van der Waals surface area contributed by atoms with Crippen molar-refractivity contribution in [1.82, 2.24) is 5.06 Å². The molecule has 1 aromatic heterocycles. The Labute approximate surface area is 119 Å². The Morgan fingerprint density at radius 3 is 2.29 bits per heavy atom. The molecule has 0 saturated heterocycles. The molecular weight excluding hydrogens is 274 g/mol. The molecule has 106 valence electrons. The van der Waals surface area contributed by atoms with Gasteiger partial charge in [0.2, 0.25) is 0 Å². The lowest BCUT2D eigenvalue weighted by atomic mass is 10.1. The van der Waals surface area contributed by atoms with Gasteiger partial charge in [0.25, 0.3) is 11.8 Å². The molecule has 0 spiro atoms. The third kappa shape index (κ3) is 2.43. The van der Waals surface area contributed by atoms with Crippen molar-refractivity contribution in [3.63, 3.8) is 0 Å². The van der Waals surface area contributed by atoms with E-state index in [4.69, 9.17) is 9.25 Å². The molecule has 1 aromatic carbocycles. The Kier molecular flexibility index (Phi) is 3.27. The molecule has 0 saturated carbocycles. The summed E-state index contributed by atoms with van der Waals surface area (Å²) in [5.74, 6) is -1.28. The van der Waals surface area contributed by atoms with E-state index in [1.807, 2.05) is 0 Å². The van der Waals surface area contributed by atoms with Crippen molar-refractivity contribution in [2.24, 2.45) is 0 Å². The fourth-order valence-corrected chi connectivity index (χ4v) is 2.08. The van der Waals surface area contributed by atoms with Crippen molar-refractivity contribution in [2.45, 2.75) is 12.8 Å². The molecule has 0 N–H and O–H groups in total. The summed E-state index contributed by atoms with van der Waals surface area (Å²) in [4.78, 5) is 40.6. The van der Waals surface area contributed by atoms with Crippen LogP contribution in [0.25, 0.3) is 0 Å². The maximum atomic E-state index is 12.0. The molecule has 0 aliphatic carbocycles. The van der Waals surface area contributed by atoms with E-state index in [-0.39, 0.29) is 17.5 Å². The lowest BCUT2D eigenvalue weighted by Crippen LogP contribution is -2.32. The van der Waals surface area contributed by atoms with Crippen LogP contribution in [0.5, 0.6) is 0 Å². The number of hydroxylamine groups is 2. The SMILES string of the molecule is O=C(CCc1ccco1)ON1C(=O)c2ccccc2C1=O. The van der Waals surface area contributed by atoms with E-state index in [1.165, 1.54) is 18.4 Å². The number of fused-ring (bicyclic) bond motifs is 1. The summed E-state index contributed by atoms with van der Waals surface area (Å²) in [7, 11) is 0. The normalized spacial score (nSPS) is 13.4. The maximum Gasteiger partial charge on any atom is 0.333 e. The lowest BCUT2D eigenvalue weighted by Gasteiger charge is -2.12. The van der Waals surface area contributed by atoms with Crippen LogP contribution in [0.4, 0.5) is 0 Å². The van der Waals surface area contributed by atoms with Gasteiger partial charge in [0, 0.05) is 6.42 Å². The summed E-state index contributed by atoms with van der Waals surface area (Å²) >= 11 is 0. The number of carbonyl (C=O) groups excluding carboxylic acids is 3. The van der Waals surface area contributed by atoms with Crippen LogP contribution in [0, 0.1) is 0 Å². The molecule has 0 atom stereocenters. The van der Waals surface area contributed by atoms with Gasteiger partial charge in [0.1, 0.15) is 5.76 Å². The molecule has 2 heterocycles. The molecule has 0 unspecified atom stereocenters. The predicted molar refractivity (Wildman–Crippen MR) is 70.1 cm³/mol. The largest absolute Gasteiger partial charge is 0.469 e. The van der Waals surface area contributed by atoms with E-state index in [2.05, 4.69) is 0 Å². The fourth-order valence-electron chi connectivity index (χ4n) is 2.08. The van der Waals surface area contributed by atoms with Crippen LogP contribution in [0.1, 0.15) is 32.9 Å². The number of nitrogens with zero attached hydrogens (tertiary/aromatic N) is 1. The van der Waals surface area contributed by atoms with Crippen LogP contribution in [0.3, 0.4) is 0 Å². The minimum absolute atomic E-state index is 0.0148. The first-order valence-corrected chi connectivity index (χ1v) is 6.38. The molecule has 0 fully saturated rings. The number of benzene rings is 1. The van der Waals surface area contributed by atoms with E-state index < -0.39 is 17.8 Å². The first-order valence-electron chi connectivity index (χ1n) is 6.38. The Morgan fingerprint density at radius 1 is 1.05 bits per heavy atom. The number of aryl methyl sites for hydroxylation is 1. The number of rotatable bonds is 4. The number of hydrogen-bond acceptors (Lipinski definition) is 5. The Bertz CT molecular complexity index is 670. The van der Waals surface area contributed by atoms with Gasteiger partial charge < -0.3 is 9.25 Å². The number of hydrogen-bond donors (Lipinski definition) is 0. The second kappa shape index (κ2) is 5.24. The van der Waals surface area contributed by atoms with Gasteiger partial charge in [-0.3, -0.25) is 9.59 Å². The molecule has 21 heavy (non-hydrogen) atoms. The van der Waals surface area contributed by atoms with Crippen LogP contribution in [0.15, 0.2) is 47.1 Å². The van der Waals surface area contributed by atoms with Gasteiger partial charge >= 0.3 is 5.97 Å². The average Bonchev–Trinajstić information content (AvgIpc) is 3.09. The maximum absolute atomic E-state index is 12.0. The average molecular weight is 285 g/mol. The molecule has 0 radical (unpaired) electrons. The van der Waals surface area contributed by atoms with Crippen molar-refractivity contribution in [1.29, 1.82) is 0 Å². The standard InChI is InChI=1S/C15H11NO5/c17-13(8-7-10-4-3-9-20-10)21-16-14(18)11-5-1-2-6-12(11)15(16)19/h1-6,9H,7-8H2. The minimum atomic E-state index is -0.666. The fraction of sp³-hybridized carbons (Fsp3) is 0.133. The summed E-state index contributed by atoms with van der Waals surface area (Å²) in [5, 5.41) is 0.509. The molecule has 6 nitrogen and oxygen atoms in total. The van der Waals surface area contributed by atoms with E-state index in [0.29, 0.717) is 17.2 Å². The highest BCUT2D eigenvalue weighted by Crippen LogP contribution is 2.22. The number of amides is 2. The summed E-state index contributed by atoms with van der Waals surface area (Å²) in [5.41, 5.74) is 0.475. The Morgan fingerprint density at radius 2 is 1.71 bits per heavy atom. The van der Waals surface area contributed by atoms with Gasteiger partial charge in [0.05, 0.1) is 23.8 Å². The highest BCUT2D eigenvalue weighted by molar-refractivity contribution is 6.20. The first-order chi connectivity index (χ1) is 10.2. The summed E-state index contributed by atoms with van der Waals surface area (Å²) in [6, 6.07) is 9.77. The quantitative estimate of drug-likeness (QED) is 0.803. The van der Waals surface area contributed by atoms with Crippen molar-refractivity contribution < 1.29 is 23.6 Å². The monoisotopic (exact) mass is 285 g/mol. The van der Waals surface area contributed by atoms with Gasteiger partial charge in [-0.15, -0.1) is 0 Å². The van der Waals surface area contributed by atoms with Crippen molar-refractivity contribution >= 4 is 17.8 Å². The van der Waals surface area contributed by atoms with Gasteiger partial charge in [-0.25, -0.2) is 4.79 Å². The zero-order valence-corrected chi connectivity index (χ0v) is 10.9. The molecule has 6 heteroatoms. The topological polar surface area (TPSA) is 76.8 Å². The van der Waals surface area contributed by atoms with Crippen molar-refractivity contribution in [2.75, 3.05) is 0 Å². The minimum Gasteiger partial charge on any atom is -0.469 e. The molecule has 2 amide bonds. The van der Waals surface area contributed by atoms with Crippen LogP contribution in [-0.2, 0) is 16.1 Å². The lowest BCUT2D eigenvalue weighted by molar-refractivity contribution is -0.168. The van der Waals surface area contributed by atoms with E-state index in [9.17, 15) is 14.4 Å². The van der Waals surface area contributed by atoms with E-state index in [1.54, 1.807) is 24.3 Å². The third-order valence-corrected chi connectivity index (χ3v) is 3.11. The van der Waals surface area contributed by atoms with E-state index in [0.717, 1.165) is 0 Å². The zero-order valence-electron chi connectivity index (χ0n) is 10.9. The number of carbonyl (C=O) groups is 3. The smallest absolute Gasteiger partial charge is 0.333 e. The summed E-state index contributed by atoms with van der Waals surface area (Å²) in [6.07, 6.45) is 1.86. The van der Waals surface area contributed by atoms with Crippen LogP contribution in [0.2, 0.25) is 0 Å². The van der Waals surface area contributed by atoms with E-state index >= 15 is 0 Å². The zero-order chi connectivity index (χ0) is 14.8. The second-order valence-corrected chi connectivity index (χ2v) is 4.49. The first kappa shape index (κ1) is 13.1. The van der Waals surface area contributed by atoms with Crippen LogP contribution < -0.4 is 0 Å². The Hall–Kier alpha value is -2.89. The van der Waals surface area contributed by atoms with Gasteiger partial charge in [-0.05, 0) is 24.3 Å². The molecule has 1 aliphatic heterocycles. The van der Waals surface area contributed by atoms with Gasteiger partial charge in [0.15, 0.2) is 0 Å². The molecule has 0 bridgehead atoms. The number of furan rings is 1.